The molecule has 0 amide bonds. The van der Waals surface area contributed by atoms with Crippen molar-refractivity contribution in [1.29, 1.82) is 0 Å². The lowest BCUT2D eigenvalue weighted by Gasteiger charge is -2.27. The van der Waals surface area contributed by atoms with Gasteiger partial charge in [-0.05, 0) is 0 Å². The Kier molecular flexibility index (Phi) is 4.77. The van der Waals surface area contributed by atoms with Crippen molar-refractivity contribution in [3.63, 3.8) is 0 Å². The van der Waals surface area contributed by atoms with Crippen LogP contribution in [0.1, 0.15) is 0 Å². The van der Waals surface area contributed by atoms with Gasteiger partial charge < -0.3 is 30.5 Å². The first-order valence-corrected chi connectivity index (χ1v) is 9.02. The van der Waals surface area contributed by atoms with E-state index in [2.05, 4.69) is 9.97 Å². The maximum absolute atomic E-state index is 13.0. The van der Waals surface area contributed by atoms with Crippen molar-refractivity contribution in [2.75, 3.05) is 35.9 Å². The predicted molar refractivity (Wildman–Crippen MR) is 95.9 cm³/mol. The average Bonchev–Trinajstić information content (AvgIpc) is 3.35. The van der Waals surface area contributed by atoms with Crippen LogP contribution >= 0.6 is 8.69 Å². The highest BCUT2D eigenvalue weighted by Crippen LogP contribution is 2.36. The molecule has 2 aromatic rings. The zero-order chi connectivity index (χ0) is 20.0. The van der Waals surface area contributed by atoms with E-state index in [0.717, 1.165) is 4.68 Å². The molecule has 0 saturated carbocycles. The number of imidazole rings is 1. The summed E-state index contributed by atoms with van der Waals surface area (Å²) < 4.78 is 23.5. The molecule has 0 aromatic carbocycles. The molecule has 0 spiro atoms. The third-order valence-corrected chi connectivity index (χ3v) is 4.97. The molecule has 1 fully saturated rings. The van der Waals surface area contributed by atoms with E-state index >= 15 is 0 Å². The van der Waals surface area contributed by atoms with Crippen molar-refractivity contribution < 1.29 is 24.0 Å². The second-order valence-corrected chi connectivity index (χ2v) is 6.83. The van der Waals surface area contributed by atoms with Gasteiger partial charge in [-0.25, -0.2) is 14.2 Å². The van der Waals surface area contributed by atoms with E-state index < -0.39 is 38.8 Å². The molecule has 4 heterocycles. The molecule has 0 radical (unpaired) electrons. The lowest BCUT2D eigenvalue weighted by Crippen LogP contribution is -2.45. The molecule has 0 aliphatic carbocycles. The van der Waals surface area contributed by atoms with Gasteiger partial charge in [-0.15, -0.1) is 0 Å². The van der Waals surface area contributed by atoms with E-state index in [1.165, 1.54) is 22.1 Å². The number of hydrogen-bond acceptors (Lipinski definition) is 11. The van der Waals surface area contributed by atoms with E-state index in [4.69, 9.17) is 15.0 Å². The number of nitrogens with zero attached hydrogens (tertiary/aromatic N) is 6. The lowest BCUT2D eigenvalue weighted by molar-refractivity contribution is -0.0140. The molecule has 4 rings (SSSR count). The van der Waals surface area contributed by atoms with Crippen LogP contribution in [-0.2, 0) is 13.8 Å². The standard InChI is InChI=1S/C14H18N7O6P/c1-18-6-20(13-10(23)9(22)7(27-13)4-26-28-25)11-8(18)12(24)21(14(15)17-11)19-3-2-16-5-19/h2-3,5,7,9-10,13,22-23H,4,6H2,1H3,(H2,15,17)/t7-,9-,10-,13-/m1/s1. The van der Waals surface area contributed by atoms with Crippen LogP contribution in [0.25, 0.3) is 0 Å². The molecule has 0 bridgehead atoms. The first-order valence-electron chi connectivity index (χ1n) is 8.29. The molecule has 2 aliphatic heterocycles. The van der Waals surface area contributed by atoms with Crippen LogP contribution in [0, 0.1) is 0 Å². The molecule has 150 valence electrons. The van der Waals surface area contributed by atoms with E-state index in [1.807, 2.05) is 0 Å². The normalized spacial score (nSPS) is 27.0. The Hall–Kier alpha value is -2.57. The maximum Gasteiger partial charge on any atom is 0.327 e. The molecule has 2 aliphatic rings. The highest BCUT2D eigenvalue weighted by molar-refractivity contribution is 7.17. The number of anilines is 3. The Bertz CT molecular complexity index is 937. The number of rotatable bonds is 5. The molecule has 1 saturated heterocycles. The topological polar surface area (TPSA) is 161 Å². The molecular weight excluding hydrogens is 393 g/mol. The average molecular weight is 411 g/mol. The molecule has 14 heteroatoms. The molecule has 13 nitrogen and oxygen atoms in total. The number of nitrogen functional groups attached to an aromatic ring is 1. The quantitative estimate of drug-likeness (QED) is 0.477. The summed E-state index contributed by atoms with van der Waals surface area (Å²) in [6, 6.07) is 0. The summed E-state index contributed by atoms with van der Waals surface area (Å²) in [4.78, 5) is 24.4. The zero-order valence-corrected chi connectivity index (χ0v) is 15.6. The summed E-state index contributed by atoms with van der Waals surface area (Å²) in [5.41, 5.74) is 5.82. The molecule has 28 heavy (non-hydrogen) atoms. The summed E-state index contributed by atoms with van der Waals surface area (Å²) in [5.74, 6) is 0.140. The Morgan fingerprint density at radius 1 is 1.43 bits per heavy atom. The fourth-order valence-corrected chi connectivity index (χ4v) is 3.64. The van der Waals surface area contributed by atoms with Crippen LogP contribution in [0.4, 0.5) is 17.5 Å². The first-order chi connectivity index (χ1) is 13.4. The van der Waals surface area contributed by atoms with Crippen LogP contribution in [0.15, 0.2) is 23.5 Å². The Balaban J connectivity index is 1.71. The number of fused-ring (bicyclic) bond motifs is 1. The van der Waals surface area contributed by atoms with Crippen LogP contribution in [0.5, 0.6) is 0 Å². The minimum atomic E-state index is -1.30. The van der Waals surface area contributed by atoms with Gasteiger partial charge in [-0.3, -0.25) is 9.32 Å². The van der Waals surface area contributed by atoms with Gasteiger partial charge in [0.1, 0.15) is 30.3 Å². The summed E-state index contributed by atoms with van der Waals surface area (Å²) in [6.07, 6.45) is 0.0332. The van der Waals surface area contributed by atoms with Crippen LogP contribution < -0.4 is 21.1 Å². The number of hydrogen-bond donors (Lipinski definition) is 3. The number of aliphatic hydroxyl groups is 2. The Labute approximate surface area is 159 Å². The zero-order valence-electron chi connectivity index (χ0n) is 14.7. The monoisotopic (exact) mass is 411 g/mol. The van der Waals surface area contributed by atoms with Crippen molar-refractivity contribution in [2.24, 2.45) is 0 Å². The van der Waals surface area contributed by atoms with Crippen molar-refractivity contribution in [3.8, 4) is 0 Å². The molecular formula is C14H18N7O6P. The number of aliphatic hydroxyl groups excluding tert-OH is 2. The minimum absolute atomic E-state index is 0.0832. The highest BCUT2D eigenvalue weighted by atomic mass is 31.1. The number of aromatic nitrogens is 4. The van der Waals surface area contributed by atoms with Gasteiger partial charge >= 0.3 is 8.69 Å². The Morgan fingerprint density at radius 2 is 2.21 bits per heavy atom. The van der Waals surface area contributed by atoms with Crippen LogP contribution in [0.3, 0.4) is 0 Å². The highest BCUT2D eigenvalue weighted by Gasteiger charge is 2.48. The van der Waals surface area contributed by atoms with Gasteiger partial charge in [0.25, 0.3) is 5.56 Å². The van der Waals surface area contributed by atoms with Gasteiger partial charge in [0.15, 0.2) is 12.0 Å². The first kappa shape index (κ1) is 18.8. The largest absolute Gasteiger partial charge is 0.387 e. The summed E-state index contributed by atoms with van der Waals surface area (Å²) in [6.45, 7) is 0.000888. The second kappa shape index (κ2) is 7.11. The summed E-state index contributed by atoms with van der Waals surface area (Å²) >= 11 is 0. The van der Waals surface area contributed by atoms with Gasteiger partial charge in [-0.1, -0.05) is 0 Å². The van der Waals surface area contributed by atoms with E-state index in [-0.39, 0.29) is 30.7 Å². The van der Waals surface area contributed by atoms with Gasteiger partial charge in [0, 0.05) is 19.4 Å². The molecule has 0 unspecified atom stereocenters. The van der Waals surface area contributed by atoms with E-state index in [0.29, 0.717) is 0 Å². The molecule has 4 atom stereocenters. The van der Waals surface area contributed by atoms with Crippen molar-refractivity contribution in [1.82, 2.24) is 19.3 Å². The predicted octanol–water partition coefficient (Wildman–Crippen LogP) is -1.78. The smallest absolute Gasteiger partial charge is 0.327 e. The van der Waals surface area contributed by atoms with E-state index in [9.17, 15) is 19.6 Å². The summed E-state index contributed by atoms with van der Waals surface area (Å²) in [7, 11) is 1.13. The molecule has 2 aromatic heterocycles. The fourth-order valence-electron chi connectivity index (χ4n) is 3.43. The minimum Gasteiger partial charge on any atom is -0.387 e. The van der Waals surface area contributed by atoms with Crippen molar-refractivity contribution in [2.45, 2.75) is 24.5 Å². The van der Waals surface area contributed by atoms with Gasteiger partial charge in [-0.2, -0.15) is 9.66 Å². The molecule has 4 N–H and O–H groups in total. The van der Waals surface area contributed by atoms with Crippen molar-refractivity contribution in [3.05, 3.63) is 29.1 Å². The van der Waals surface area contributed by atoms with E-state index in [1.54, 1.807) is 18.1 Å². The maximum atomic E-state index is 13.0. The van der Waals surface area contributed by atoms with Gasteiger partial charge in [0.2, 0.25) is 5.95 Å². The van der Waals surface area contributed by atoms with Gasteiger partial charge in [0.05, 0.1) is 13.3 Å². The third-order valence-electron chi connectivity index (χ3n) is 4.72. The second-order valence-electron chi connectivity index (χ2n) is 6.43. The van der Waals surface area contributed by atoms with Crippen LogP contribution in [0.2, 0.25) is 0 Å². The number of ether oxygens (including phenoxy) is 1. The summed E-state index contributed by atoms with van der Waals surface area (Å²) in [5, 5.41) is 20.6. The SMILES string of the molecule is CN1CN([C@@H]2O[C@H](COP=O)[C@@H](O)[C@H]2O)c2nc(N)n(-n3ccnc3)c(=O)c21. The number of nitrogens with two attached hydrogens (primary N) is 1. The lowest BCUT2D eigenvalue weighted by atomic mass is 10.1. The fraction of sp³-hybridized carbons (Fsp3) is 0.500. The Morgan fingerprint density at radius 3 is 2.89 bits per heavy atom. The van der Waals surface area contributed by atoms with Crippen LogP contribution in [-0.4, -0.2) is 74.4 Å². The van der Waals surface area contributed by atoms with Crippen molar-refractivity contribution >= 4 is 26.1 Å². The third kappa shape index (κ3) is 2.84.